The van der Waals surface area contributed by atoms with Crippen molar-refractivity contribution in [1.29, 1.82) is 0 Å². The molecular weight excluding hydrogens is 740 g/mol. The van der Waals surface area contributed by atoms with E-state index in [2.05, 4.69) is 0 Å². The average molecular weight is 774 g/mol. The maximum absolute atomic E-state index is 14.4. The third kappa shape index (κ3) is 8.12. The number of hydrogen-bond acceptors (Lipinski definition) is 2. The van der Waals surface area contributed by atoms with E-state index in [1.807, 2.05) is 182 Å². The molecule has 0 unspecified atom stereocenters. The van der Waals surface area contributed by atoms with Crippen LogP contribution in [0.15, 0.2) is 182 Å². The quantitative estimate of drug-likeness (QED) is 0.111. The molecule has 6 aromatic rings. The van der Waals surface area contributed by atoms with E-state index in [1.54, 1.807) is 0 Å². The molecule has 6 rings (SSSR count). The summed E-state index contributed by atoms with van der Waals surface area (Å²) in [5, 5.41) is 3.24. The molecule has 0 amide bonds. The molecule has 7 heteroatoms. The van der Waals surface area contributed by atoms with E-state index in [9.17, 15) is 9.13 Å². The Labute approximate surface area is 278 Å². The Morgan fingerprint density at radius 3 is 0.778 bits per heavy atom. The van der Waals surface area contributed by atoms with Crippen LogP contribution < -0.4 is 28.4 Å². The second-order valence-corrected chi connectivity index (χ2v) is 32.0. The summed E-state index contributed by atoms with van der Waals surface area (Å²) in [5.74, 6) is 0. The molecule has 2 nitrogen and oxygen atoms in total. The molecule has 0 aliphatic heterocycles. The third-order valence-corrected chi connectivity index (χ3v) is 26.2. The fourth-order valence-corrected chi connectivity index (χ4v) is 19.6. The second kappa shape index (κ2) is 15.6. The van der Waals surface area contributed by atoms with E-state index in [0.29, 0.717) is 12.3 Å². The van der Waals surface area contributed by atoms with Crippen molar-refractivity contribution in [3.8, 4) is 0 Å². The Morgan fingerprint density at radius 1 is 0.356 bits per heavy atom. The number of halogens is 2. The van der Waals surface area contributed by atoms with Crippen LogP contribution >= 0.6 is 32.1 Å². The number of benzene rings is 6. The van der Waals surface area contributed by atoms with Crippen LogP contribution in [0.25, 0.3) is 0 Å². The standard InChI is InChI=1S/C26H24O2P2.2C6H5.2ClH.Sn/c27-29(23-13-5-1-6-14-23,24-15-7-2-8-16-24)21-22-30(28,25-17-9-3-10-18-25)26-19-11-4-12-20-26;2*1-2-4-6-5-3-1;;;/h1-20H,21-22H2;2*1-5H;2*1H;/q;;;;;+2/p-2. The van der Waals surface area contributed by atoms with E-state index in [-0.39, 0.29) is 0 Å². The number of rotatable bonds is 9. The molecule has 0 saturated heterocycles. The van der Waals surface area contributed by atoms with Crippen molar-refractivity contribution in [1.82, 2.24) is 0 Å². The first-order chi connectivity index (χ1) is 21.8. The molecule has 0 spiro atoms. The van der Waals surface area contributed by atoms with Crippen molar-refractivity contribution >= 4 is 76.6 Å². The summed E-state index contributed by atoms with van der Waals surface area (Å²) in [7, 11) is 7.26. The van der Waals surface area contributed by atoms with Gasteiger partial charge in [0.2, 0.25) is 0 Å². The molecular formula is C38H34Cl2O2P2Sn. The molecule has 0 bridgehead atoms. The maximum atomic E-state index is 14.4. The Kier molecular flexibility index (Phi) is 11.6. The van der Waals surface area contributed by atoms with Gasteiger partial charge in [0, 0.05) is 33.5 Å². The third-order valence-electron chi connectivity index (χ3n) is 7.70. The SMILES string of the molecule is O=P(CCP(=O)(c1ccccc1)c1ccccc1)(c1ccccc1)c1ccccc1.[Cl][Sn]([Cl])([c]1ccccc1)[c]1ccccc1. The Balaban J connectivity index is 0.000000223. The molecule has 0 fully saturated rings. The first-order valence-corrected chi connectivity index (χ1v) is 28.6. The van der Waals surface area contributed by atoms with Crippen molar-refractivity contribution in [3.05, 3.63) is 182 Å². The van der Waals surface area contributed by atoms with Crippen molar-refractivity contribution in [2.24, 2.45) is 0 Å². The van der Waals surface area contributed by atoms with E-state index < -0.39 is 30.4 Å². The summed E-state index contributed by atoms with van der Waals surface area (Å²) in [4.78, 5) is 0. The Hall–Kier alpha value is -2.84. The molecule has 226 valence electrons. The summed E-state index contributed by atoms with van der Waals surface area (Å²) in [5.41, 5.74) is 0. The van der Waals surface area contributed by atoms with Crippen LogP contribution in [0.1, 0.15) is 0 Å². The van der Waals surface area contributed by atoms with Crippen LogP contribution in [0.2, 0.25) is 0 Å². The topological polar surface area (TPSA) is 34.1 Å². The fraction of sp³-hybridized carbons (Fsp3) is 0.0526. The van der Waals surface area contributed by atoms with Crippen LogP contribution in [0.4, 0.5) is 0 Å². The van der Waals surface area contributed by atoms with Gasteiger partial charge >= 0.3 is 102 Å². The minimum absolute atomic E-state index is 0.349. The molecule has 0 aromatic heterocycles. The predicted octanol–water partition coefficient (Wildman–Crippen LogP) is 7.74. The van der Waals surface area contributed by atoms with Crippen molar-refractivity contribution in [2.75, 3.05) is 12.3 Å². The zero-order valence-corrected chi connectivity index (χ0v) is 30.9. The van der Waals surface area contributed by atoms with Crippen LogP contribution in [0.3, 0.4) is 0 Å². The van der Waals surface area contributed by atoms with Gasteiger partial charge in [0.1, 0.15) is 14.3 Å². The van der Waals surface area contributed by atoms with Gasteiger partial charge in [-0.05, 0) is 0 Å². The molecule has 0 saturated carbocycles. The molecule has 45 heavy (non-hydrogen) atoms. The van der Waals surface area contributed by atoms with Crippen molar-refractivity contribution in [3.63, 3.8) is 0 Å². The van der Waals surface area contributed by atoms with Gasteiger partial charge in [0.05, 0.1) is 0 Å². The molecule has 0 radical (unpaired) electrons. The normalized spacial score (nSPS) is 11.7. The van der Waals surface area contributed by atoms with Crippen LogP contribution in [0.5, 0.6) is 0 Å². The average Bonchev–Trinajstić information content (AvgIpc) is 3.13. The molecule has 6 aromatic carbocycles. The van der Waals surface area contributed by atoms with Gasteiger partial charge in [-0.15, -0.1) is 0 Å². The summed E-state index contributed by atoms with van der Waals surface area (Å²) in [6, 6.07) is 58.3. The first-order valence-electron chi connectivity index (χ1n) is 14.7. The molecule has 0 aliphatic rings. The molecule has 0 atom stereocenters. The molecule has 0 aliphatic carbocycles. The van der Waals surface area contributed by atoms with E-state index >= 15 is 0 Å². The predicted molar refractivity (Wildman–Crippen MR) is 199 cm³/mol. The second-order valence-electron chi connectivity index (χ2n) is 10.6. The Bertz CT molecular complexity index is 1630. The summed E-state index contributed by atoms with van der Waals surface area (Å²) in [6.45, 7) is 0. The van der Waals surface area contributed by atoms with Gasteiger partial charge in [-0.3, -0.25) is 0 Å². The minimum atomic E-state index is -3.30. The zero-order valence-electron chi connectivity index (χ0n) is 24.7. The van der Waals surface area contributed by atoms with E-state index in [1.165, 1.54) is 0 Å². The van der Waals surface area contributed by atoms with Gasteiger partial charge in [-0.1, -0.05) is 121 Å². The van der Waals surface area contributed by atoms with E-state index in [0.717, 1.165) is 28.4 Å². The fourth-order valence-electron chi connectivity index (χ4n) is 5.23. The summed E-state index contributed by atoms with van der Waals surface area (Å²) >= 11 is -3.30. The summed E-state index contributed by atoms with van der Waals surface area (Å²) < 4.78 is 31.0. The Morgan fingerprint density at radius 2 is 0.556 bits per heavy atom. The van der Waals surface area contributed by atoms with Gasteiger partial charge in [-0.2, -0.15) is 0 Å². The number of hydrogen-bond donors (Lipinski definition) is 0. The van der Waals surface area contributed by atoms with Gasteiger partial charge in [0.25, 0.3) is 0 Å². The van der Waals surface area contributed by atoms with Gasteiger partial charge < -0.3 is 9.13 Å². The van der Waals surface area contributed by atoms with Gasteiger partial charge in [0.15, 0.2) is 0 Å². The zero-order chi connectivity index (χ0) is 31.6. The van der Waals surface area contributed by atoms with Crippen LogP contribution in [-0.2, 0) is 9.13 Å². The summed E-state index contributed by atoms with van der Waals surface area (Å²) in [6.07, 6.45) is 0.699. The van der Waals surface area contributed by atoms with Crippen molar-refractivity contribution < 1.29 is 9.13 Å². The first kappa shape index (κ1) is 33.5. The monoisotopic (exact) mass is 774 g/mol. The molecule has 0 N–H and O–H groups in total. The molecule has 0 heterocycles. The van der Waals surface area contributed by atoms with E-state index in [4.69, 9.17) is 17.8 Å². The van der Waals surface area contributed by atoms with Crippen molar-refractivity contribution in [2.45, 2.75) is 0 Å². The van der Waals surface area contributed by atoms with Gasteiger partial charge in [-0.25, -0.2) is 0 Å². The van der Waals surface area contributed by atoms with Crippen LogP contribution in [-0.4, -0.2) is 28.4 Å². The van der Waals surface area contributed by atoms with Crippen LogP contribution in [0, 0.1) is 0 Å².